The summed E-state index contributed by atoms with van der Waals surface area (Å²) in [5.41, 5.74) is 2.13. The molecule has 1 aromatic carbocycles. The molecule has 1 amide bonds. The van der Waals surface area contributed by atoms with Crippen LogP contribution in [0.25, 0.3) is 0 Å². The number of amides is 1. The van der Waals surface area contributed by atoms with Crippen LogP contribution < -0.4 is 0 Å². The van der Waals surface area contributed by atoms with Crippen molar-refractivity contribution in [2.24, 2.45) is 0 Å². The van der Waals surface area contributed by atoms with E-state index >= 15 is 0 Å². The van der Waals surface area contributed by atoms with Crippen molar-refractivity contribution in [3.63, 3.8) is 0 Å². The summed E-state index contributed by atoms with van der Waals surface area (Å²) in [6, 6.07) is 16.1. The van der Waals surface area contributed by atoms with Gasteiger partial charge in [0.2, 0.25) is 5.91 Å². The third-order valence-corrected chi connectivity index (χ3v) is 3.46. The second kappa shape index (κ2) is 7.58. The quantitative estimate of drug-likeness (QED) is 0.813. The highest BCUT2D eigenvalue weighted by atomic mass is 16.2. The summed E-state index contributed by atoms with van der Waals surface area (Å²) in [5, 5.41) is 0. The fraction of sp³-hybridized carbons (Fsp3) is 0.333. The molecule has 2 rings (SSSR count). The number of rotatable bonds is 6. The van der Waals surface area contributed by atoms with Gasteiger partial charge < -0.3 is 4.90 Å². The minimum Gasteiger partial charge on any atom is -0.336 e. The summed E-state index contributed by atoms with van der Waals surface area (Å²) in [6.07, 6.45) is 2.96. The lowest BCUT2D eigenvalue weighted by Gasteiger charge is -2.27. The SMILES string of the molecule is CC(C)N(Cc1ccccc1)C(=O)CCc1ccccn1. The van der Waals surface area contributed by atoms with E-state index in [0.29, 0.717) is 19.4 Å². The molecule has 2 aromatic rings. The molecule has 21 heavy (non-hydrogen) atoms. The first-order valence-corrected chi connectivity index (χ1v) is 7.40. The van der Waals surface area contributed by atoms with E-state index in [9.17, 15) is 4.79 Å². The molecule has 0 aliphatic heterocycles. The van der Waals surface area contributed by atoms with Gasteiger partial charge in [-0.1, -0.05) is 36.4 Å². The first-order valence-electron chi connectivity index (χ1n) is 7.40. The Labute approximate surface area is 126 Å². The van der Waals surface area contributed by atoms with Gasteiger partial charge in [-0.15, -0.1) is 0 Å². The lowest BCUT2D eigenvalue weighted by atomic mass is 10.1. The number of aromatic nitrogens is 1. The van der Waals surface area contributed by atoms with Crippen molar-refractivity contribution in [2.45, 2.75) is 39.3 Å². The molecule has 0 unspecified atom stereocenters. The molecular formula is C18H22N2O. The third-order valence-electron chi connectivity index (χ3n) is 3.46. The van der Waals surface area contributed by atoms with Gasteiger partial charge in [-0.2, -0.15) is 0 Å². The van der Waals surface area contributed by atoms with Crippen molar-refractivity contribution < 1.29 is 4.79 Å². The van der Waals surface area contributed by atoms with Crippen LogP contribution in [0.15, 0.2) is 54.7 Å². The average molecular weight is 282 g/mol. The Kier molecular flexibility index (Phi) is 5.50. The summed E-state index contributed by atoms with van der Waals surface area (Å²) in [4.78, 5) is 18.7. The topological polar surface area (TPSA) is 33.2 Å². The van der Waals surface area contributed by atoms with E-state index in [-0.39, 0.29) is 11.9 Å². The first-order chi connectivity index (χ1) is 10.2. The van der Waals surface area contributed by atoms with E-state index in [1.165, 1.54) is 0 Å². The molecule has 0 fully saturated rings. The molecule has 0 aliphatic carbocycles. The van der Waals surface area contributed by atoms with Gasteiger partial charge in [-0.3, -0.25) is 9.78 Å². The lowest BCUT2D eigenvalue weighted by molar-refractivity contribution is -0.133. The van der Waals surface area contributed by atoms with Crippen LogP contribution in [0.2, 0.25) is 0 Å². The second-order valence-corrected chi connectivity index (χ2v) is 5.42. The van der Waals surface area contributed by atoms with Gasteiger partial charge in [0.1, 0.15) is 0 Å². The smallest absolute Gasteiger partial charge is 0.223 e. The molecule has 0 aliphatic rings. The Hall–Kier alpha value is -2.16. The molecule has 0 spiro atoms. The molecule has 3 heteroatoms. The van der Waals surface area contributed by atoms with Crippen molar-refractivity contribution >= 4 is 5.91 Å². The number of hydrogen-bond acceptors (Lipinski definition) is 2. The lowest BCUT2D eigenvalue weighted by Crippen LogP contribution is -2.36. The van der Waals surface area contributed by atoms with Crippen LogP contribution in [0, 0.1) is 0 Å². The van der Waals surface area contributed by atoms with Crippen LogP contribution in [0.4, 0.5) is 0 Å². The molecule has 110 valence electrons. The van der Waals surface area contributed by atoms with Crippen LogP contribution in [-0.2, 0) is 17.8 Å². The zero-order valence-corrected chi connectivity index (χ0v) is 12.7. The summed E-state index contributed by atoms with van der Waals surface area (Å²) in [6.45, 7) is 4.78. The van der Waals surface area contributed by atoms with Crippen molar-refractivity contribution in [1.82, 2.24) is 9.88 Å². The van der Waals surface area contributed by atoms with Crippen LogP contribution in [0.1, 0.15) is 31.5 Å². The maximum Gasteiger partial charge on any atom is 0.223 e. The third kappa shape index (κ3) is 4.71. The minimum atomic E-state index is 0.180. The Morgan fingerprint density at radius 1 is 1.10 bits per heavy atom. The van der Waals surface area contributed by atoms with Gasteiger partial charge in [0.05, 0.1) is 0 Å². The Bertz CT molecular complexity index is 552. The van der Waals surface area contributed by atoms with Crippen molar-refractivity contribution in [3.05, 3.63) is 66.0 Å². The number of benzene rings is 1. The number of carbonyl (C=O) groups is 1. The molecule has 0 radical (unpaired) electrons. The maximum atomic E-state index is 12.5. The van der Waals surface area contributed by atoms with Gasteiger partial charge >= 0.3 is 0 Å². The first kappa shape index (κ1) is 15.2. The van der Waals surface area contributed by atoms with E-state index in [4.69, 9.17) is 0 Å². The van der Waals surface area contributed by atoms with Crippen LogP contribution in [0.3, 0.4) is 0 Å². The molecule has 1 aromatic heterocycles. The Morgan fingerprint density at radius 2 is 1.81 bits per heavy atom. The predicted molar refractivity (Wildman–Crippen MR) is 84.7 cm³/mol. The number of pyridine rings is 1. The molecule has 1 heterocycles. The molecule has 0 saturated heterocycles. The van der Waals surface area contributed by atoms with Gasteiger partial charge in [0, 0.05) is 30.9 Å². The fourth-order valence-corrected chi connectivity index (χ4v) is 2.26. The average Bonchev–Trinajstić information content (AvgIpc) is 2.52. The van der Waals surface area contributed by atoms with E-state index in [1.54, 1.807) is 6.20 Å². The molecule has 0 N–H and O–H groups in total. The molecular weight excluding hydrogens is 260 g/mol. The summed E-state index contributed by atoms with van der Waals surface area (Å²) in [5.74, 6) is 0.180. The van der Waals surface area contributed by atoms with Crippen molar-refractivity contribution in [1.29, 1.82) is 0 Å². The Balaban J connectivity index is 1.96. The normalized spacial score (nSPS) is 10.6. The van der Waals surface area contributed by atoms with Gasteiger partial charge in [0.15, 0.2) is 0 Å². The van der Waals surface area contributed by atoms with E-state index < -0.39 is 0 Å². The molecule has 0 saturated carbocycles. The number of nitrogens with zero attached hydrogens (tertiary/aromatic N) is 2. The summed E-state index contributed by atoms with van der Waals surface area (Å²) in [7, 11) is 0. The molecule has 0 atom stereocenters. The van der Waals surface area contributed by atoms with Crippen molar-refractivity contribution in [2.75, 3.05) is 0 Å². The Morgan fingerprint density at radius 3 is 2.43 bits per heavy atom. The highest BCUT2D eigenvalue weighted by Crippen LogP contribution is 2.11. The predicted octanol–water partition coefficient (Wildman–Crippen LogP) is 3.45. The zero-order chi connectivity index (χ0) is 15.1. The van der Waals surface area contributed by atoms with Crippen LogP contribution in [-0.4, -0.2) is 21.8 Å². The van der Waals surface area contributed by atoms with Gasteiger partial charge in [-0.05, 0) is 38.0 Å². The monoisotopic (exact) mass is 282 g/mol. The van der Waals surface area contributed by atoms with E-state index in [0.717, 1.165) is 11.3 Å². The van der Waals surface area contributed by atoms with Crippen LogP contribution in [0.5, 0.6) is 0 Å². The standard InChI is InChI=1S/C18H22N2O/c1-15(2)20(14-16-8-4-3-5-9-16)18(21)12-11-17-10-6-7-13-19-17/h3-10,13,15H,11-12,14H2,1-2H3. The van der Waals surface area contributed by atoms with Crippen molar-refractivity contribution in [3.8, 4) is 0 Å². The molecule has 3 nitrogen and oxygen atoms in total. The second-order valence-electron chi connectivity index (χ2n) is 5.42. The highest BCUT2D eigenvalue weighted by molar-refractivity contribution is 5.76. The van der Waals surface area contributed by atoms with Gasteiger partial charge in [-0.25, -0.2) is 0 Å². The minimum absolute atomic E-state index is 0.180. The summed E-state index contributed by atoms with van der Waals surface area (Å²) < 4.78 is 0. The fourth-order valence-electron chi connectivity index (χ4n) is 2.26. The van der Waals surface area contributed by atoms with Gasteiger partial charge in [0.25, 0.3) is 0 Å². The molecule has 0 bridgehead atoms. The maximum absolute atomic E-state index is 12.5. The number of carbonyl (C=O) groups excluding carboxylic acids is 1. The largest absolute Gasteiger partial charge is 0.336 e. The number of hydrogen-bond donors (Lipinski definition) is 0. The van der Waals surface area contributed by atoms with E-state index in [1.807, 2.05) is 41.3 Å². The summed E-state index contributed by atoms with van der Waals surface area (Å²) >= 11 is 0. The highest BCUT2D eigenvalue weighted by Gasteiger charge is 2.17. The number of aryl methyl sites for hydroxylation is 1. The van der Waals surface area contributed by atoms with E-state index in [2.05, 4.69) is 31.0 Å². The van der Waals surface area contributed by atoms with Crippen LogP contribution >= 0.6 is 0 Å². The zero-order valence-electron chi connectivity index (χ0n) is 12.7.